The third-order valence-electron chi connectivity index (χ3n) is 4.74. The van der Waals surface area contributed by atoms with E-state index in [2.05, 4.69) is 0 Å². The van der Waals surface area contributed by atoms with Crippen molar-refractivity contribution in [1.29, 1.82) is 0 Å². The molecule has 144 valence electrons. The highest BCUT2D eigenvalue weighted by atomic mass is 32.2. The first-order valence-corrected chi connectivity index (χ1v) is 10.6. The molecule has 2 aromatic rings. The highest BCUT2D eigenvalue weighted by Crippen LogP contribution is 2.34. The molecule has 6 nitrogen and oxygen atoms in total. The Balaban J connectivity index is 1.81. The maximum absolute atomic E-state index is 12.8. The number of anilines is 1. The molecule has 0 N–H and O–H groups in total. The van der Waals surface area contributed by atoms with Crippen LogP contribution in [-0.4, -0.2) is 45.7 Å². The summed E-state index contributed by atoms with van der Waals surface area (Å²) in [5.41, 5.74) is 3.08. The van der Waals surface area contributed by atoms with Crippen molar-refractivity contribution in [3.8, 4) is 5.75 Å². The highest BCUT2D eigenvalue weighted by Gasteiger charge is 2.33. The minimum atomic E-state index is -3.34. The topological polar surface area (TPSA) is 66.9 Å². The fraction of sp³-hybridized carbons (Fsp3) is 0.350. The zero-order valence-electron chi connectivity index (χ0n) is 16.0. The van der Waals surface area contributed by atoms with Gasteiger partial charge in [-0.1, -0.05) is 12.1 Å². The Morgan fingerprint density at radius 2 is 2.00 bits per heavy atom. The van der Waals surface area contributed by atoms with Crippen molar-refractivity contribution in [2.75, 3.05) is 24.7 Å². The van der Waals surface area contributed by atoms with Crippen LogP contribution in [0.4, 0.5) is 5.69 Å². The average Bonchev–Trinajstić information content (AvgIpc) is 2.96. The van der Waals surface area contributed by atoms with E-state index in [4.69, 9.17) is 4.74 Å². The normalized spacial score (nSPS) is 16.1. The zero-order chi connectivity index (χ0) is 19.8. The zero-order valence-corrected chi connectivity index (χ0v) is 16.8. The molecule has 0 saturated heterocycles. The van der Waals surface area contributed by atoms with E-state index >= 15 is 0 Å². The lowest BCUT2D eigenvalue weighted by atomic mass is 10.1. The molecular weight excluding hydrogens is 364 g/mol. The number of sulfonamides is 1. The van der Waals surface area contributed by atoms with Crippen molar-refractivity contribution in [3.05, 3.63) is 59.2 Å². The fourth-order valence-electron chi connectivity index (χ4n) is 3.58. The molecule has 2 aromatic carbocycles. The van der Waals surface area contributed by atoms with E-state index in [0.29, 0.717) is 24.2 Å². The van der Waals surface area contributed by atoms with Crippen molar-refractivity contribution in [3.63, 3.8) is 0 Å². The van der Waals surface area contributed by atoms with Crippen LogP contribution in [0, 0.1) is 0 Å². The van der Waals surface area contributed by atoms with Crippen molar-refractivity contribution in [2.24, 2.45) is 0 Å². The van der Waals surface area contributed by atoms with Gasteiger partial charge in [-0.25, -0.2) is 8.42 Å². The number of amides is 1. The predicted molar refractivity (Wildman–Crippen MR) is 106 cm³/mol. The number of hydrogen-bond donors (Lipinski definition) is 0. The number of ether oxygens (including phenoxy) is 1. The Bertz CT molecular complexity index is 972. The number of hydrogen-bond acceptors (Lipinski definition) is 4. The highest BCUT2D eigenvalue weighted by molar-refractivity contribution is 7.92. The lowest BCUT2D eigenvalue weighted by Crippen LogP contribution is -2.34. The number of carbonyl (C=O) groups is 1. The minimum absolute atomic E-state index is 0.105. The number of benzene rings is 2. The second-order valence-corrected chi connectivity index (χ2v) is 8.83. The number of methoxy groups -OCH3 is 1. The van der Waals surface area contributed by atoms with Crippen LogP contribution < -0.4 is 9.04 Å². The monoisotopic (exact) mass is 388 g/mol. The van der Waals surface area contributed by atoms with E-state index in [-0.39, 0.29) is 11.9 Å². The minimum Gasteiger partial charge on any atom is -0.497 e. The van der Waals surface area contributed by atoms with Gasteiger partial charge in [0, 0.05) is 25.2 Å². The molecule has 0 aromatic heterocycles. The maximum atomic E-state index is 12.8. The number of carbonyl (C=O) groups excluding carboxylic acids is 1. The van der Waals surface area contributed by atoms with Crippen LogP contribution in [0.25, 0.3) is 0 Å². The van der Waals surface area contributed by atoms with Gasteiger partial charge in [0.1, 0.15) is 5.75 Å². The van der Waals surface area contributed by atoms with Gasteiger partial charge in [-0.2, -0.15) is 0 Å². The number of nitrogens with zero attached hydrogens (tertiary/aromatic N) is 2. The molecule has 27 heavy (non-hydrogen) atoms. The Kier molecular flexibility index (Phi) is 5.15. The van der Waals surface area contributed by atoms with Crippen LogP contribution in [0.15, 0.2) is 42.5 Å². The van der Waals surface area contributed by atoms with Gasteiger partial charge in [-0.05, 0) is 54.8 Å². The Hall–Kier alpha value is -2.54. The van der Waals surface area contributed by atoms with Crippen molar-refractivity contribution >= 4 is 21.6 Å². The largest absolute Gasteiger partial charge is 0.497 e. The summed E-state index contributed by atoms with van der Waals surface area (Å²) in [6.45, 7) is 2.33. The molecule has 1 amide bonds. The first kappa shape index (κ1) is 19.2. The molecule has 0 saturated carbocycles. The van der Waals surface area contributed by atoms with Gasteiger partial charge < -0.3 is 9.64 Å². The smallest absolute Gasteiger partial charge is 0.253 e. The van der Waals surface area contributed by atoms with E-state index in [9.17, 15) is 13.2 Å². The lowest BCUT2D eigenvalue weighted by molar-refractivity contribution is 0.0785. The summed E-state index contributed by atoms with van der Waals surface area (Å²) in [5, 5.41) is 0. The van der Waals surface area contributed by atoms with E-state index in [1.165, 1.54) is 10.6 Å². The summed E-state index contributed by atoms with van der Waals surface area (Å²) in [4.78, 5) is 14.5. The van der Waals surface area contributed by atoms with Crippen LogP contribution in [0.2, 0.25) is 0 Å². The SMILES string of the molecule is COc1cccc(CN(C)C(=O)c2ccc3c(c2)C[C@@H](C)N3S(C)(=O)=O)c1. The standard InChI is InChI=1S/C20H24N2O4S/c1-14-10-17-12-16(8-9-19(17)22(14)27(4,24)25)20(23)21(2)13-15-6-5-7-18(11-15)26-3/h5-9,11-12,14H,10,13H2,1-4H3/t14-/m1/s1. The van der Waals surface area contributed by atoms with Crippen molar-refractivity contribution in [2.45, 2.75) is 25.9 Å². The molecule has 0 radical (unpaired) electrons. The van der Waals surface area contributed by atoms with Gasteiger partial charge in [0.05, 0.1) is 19.1 Å². The summed E-state index contributed by atoms with van der Waals surface area (Å²) in [7, 11) is 0.0251. The average molecular weight is 388 g/mol. The first-order chi connectivity index (χ1) is 12.7. The molecule has 0 unspecified atom stereocenters. The van der Waals surface area contributed by atoms with Gasteiger partial charge in [0.15, 0.2) is 0 Å². The molecule has 1 heterocycles. The number of fused-ring (bicyclic) bond motifs is 1. The van der Waals surface area contributed by atoms with E-state index in [1.54, 1.807) is 37.3 Å². The summed E-state index contributed by atoms with van der Waals surface area (Å²) >= 11 is 0. The van der Waals surface area contributed by atoms with Crippen molar-refractivity contribution < 1.29 is 17.9 Å². The summed E-state index contributed by atoms with van der Waals surface area (Å²) in [5.74, 6) is 0.645. The van der Waals surface area contributed by atoms with Crippen LogP contribution in [-0.2, 0) is 23.0 Å². The van der Waals surface area contributed by atoms with E-state index < -0.39 is 10.0 Å². The van der Waals surface area contributed by atoms with Crippen LogP contribution in [0.1, 0.15) is 28.4 Å². The Morgan fingerprint density at radius 3 is 2.67 bits per heavy atom. The van der Waals surface area contributed by atoms with E-state index in [1.807, 2.05) is 31.2 Å². The molecule has 3 rings (SSSR count). The predicted octanol–water partition coefficient (Wildman–Crippen LogP) is 2.68. The summed E-state index contributed by atoms with van der Waals surface area (Å²) < 4.78 is 30.7. The van der Waals surface area contributed by atoms with Crippen LogP contribution in [0.5, 0.6) is 5.75 Å². The number of rotatable bonds is 5. The molecule has 0 spiro atoms. The Labute approximate surface area is 160 Å². The van der Waals surface area contributed by atoms with Gasteiger partial charge in [0.2, 0.25) is 10.0 Å². The molecule has 7 heteroatoms. The van der Waals surface area contributed by atoms with Crippen molar-refractivity contribution in [1.82, 2.24) is 4.90 Å². The molecule has 0 fully saturated rings. The quantitative estimate of drug-likeness (QED) is 0.790. The molecule has 1 aliphatic heterocycles. The third-order valence-corrected chi connectivity index (χ3v) is 6.01. The molecular formula is C20H24N2O4S. The maximum Gasteiger partial charge on any atom is 0.253 e. The molecule has 1 aliphatic rings. The summed E-state index contributed by atoms with van der Waals surface area (Å²) in [6, 6.07) is 12.7. The van der Waals surface area contributed by atoms with Crippen LogP contribution in [0.3, 0.4) is 0 Å². The Morgan fingerprint density at radius 1 is 1.26 bits per heavy atom. The van der Waals surface area contributed by atoms with E-state index in [0.717, 1.165) is 16.9 Å². The second-order valence-electron chi connectivity index (χ2n) is 6.97. The first-order valence-electron chi connectivity index (χ1n) is 8.71. The summed E-state index contributed by atoms with van der Waals surface area (Å²) in [6.07, 6.45) is 1.81. The fourth-order valence-corrected chi connectivity index (χ4v) is 4.84. The van der Waals surface area contributed by atoms with Gasteiger partial charge in [-0.3, -0.25) is 9.10 Å². The van der Waals surface area contributed by atoms with Gasteiger partial charge in [0.25, 0.3) is 5.91 Å². The van der Waals surface area contributed by atoms with Crippen LogP contribution >= 0.6 is 0 Å². The molecule has 0 aliphatic carbocycles. The molecule has 1 atom stereocenters. The second kappa shape index (κ2) is 7.23. The van der Waals surface area contributed by atoms with Gasteiger partial charge in [-0.15, -0.1) is 0 Å². The lowest BCUT2D eigenvalue weighted by Gasteiger charge is -2.22. The van der Waals surface area contributed by atoms with Gasteiger partial charge >= 0.3 is 0 Å². The molecule has 0 bridgehead atoms. The third kappa shape index (κ3) is 3.93.